The van der Waals surface area contributed by atoms with E-state index >= 15 is 0 Å². The molecule has 3 aromatic rings. The maximum atomic E-state index is 12.3. The number of nitrogens with one attached hydrogen (secondary N) is 2. The van der Waals surface area contributed by atoms with Gasteiger partial charge >= 0.3 is 0 Å². The summed E-state index contributed by atoms with van der Waals surface area (Å²) in [6, 6.07) is 16.0. The lowest BCUT2D eigenvalue weighted by Crippen LogP contribution is -2.28. The van der Waals surface area contributed by atoms with E-state index in [1.807, 2.05) is 61.7 Å². The molecule has 3 nitrogen and oxygen atoms in total. The van der Waals surface area contributed by atoms with Gasteiger partial charge in [0, 0.05) is 21.6 Å². The zero-order valence-electron chi connectivity index (χ0n) is 12.3. The summed E-state index contributed by atoms with van der Waals surface area (Å²) >= 11 is 3.46. The van der Waals surface area contributed by atoms with Gasteiger partial charge in [0.2, 0.25) is 5.91 Å². The summed E-state index contributed by atoms with van der Waals surface area (Å²) in [5, 5.41) is 4.16. The third-order valence-corrected chi connectivity index (χ3v) is 4.25. The van der Waals surface area contributed by atoms with Crippen molar-refractivity contribution in [1.82, 2.24) is 10.3 Å². The van der Waals surface area contributed by atoms with E-state index in [0.29, 0.717) is 6.42 Å². The minimum Gasteiger partial charge on any atom is -0.361 e. The third kappa shape index (κ3) is 3.22. The van der Waals surface area contributed by atoms with Gasteiger partial charge in [0.05, 0.1) is 12.5 Å². The normalized spacial score (nSPS) is 12.3. The van der Waals surface area contributed by atoms with E-state index in [0.717, 1.165) is 26.5 Å². The molecule has 0 radical (unpaired) electrons. The van der Waals surface area contributed by atoms with Crippen molar-refractivity contribution in [2.45, 2.75) is 19.4 Å². The first-order chi connectivity index (χ1) is 10.6. The number of hydrogen-bond donors (Lipinski definition) is 2. The number of hydrogen-bond acceptors (Lipinski definition) is 1. The predicted molar refractivity (Wildman–Crippen MR) is 92.7 cm³/mol. The Hall–Kier alpha value is -2.07. The van der Waals surface area contributed by atoms with Crippen LogP contribution in [0.3, 0.4) is 0 Å². The summed E-state index contributed by atoms with van der Waals surface area (Å²) in [5.41, 5.74) is 3.17. The van der Waals surface area contributed by atoms with Crippen LogP contribution in [-0.2, 0) is 11.2 Å². The van der Waals surface area contributed by atoms with Gasteiger partial charge in [-0.15, -0.1) is 0 Å². The van der Waals surface area contributed by atoms with Crippen molar-refractivity contribution in [3.05, 3.63) is 70.3 Å². The number of amides is 1. The number of fused-ring (bicyclic) bond motifs is 1. The minimum atomic E-state index is -0.0183. The molecule has 0 aliphatic carbocycles. The van der Waals surface area contributed by atoms with Gasteiger partial charge in [-0.25, -0.2) is 0 Å². The summed E-state index contributed by atoms with van der Waals surface area (Å²) in [7, 11) is 0. The van der Waals surface area contributed by atoms with E-state index in [-0.39, 0.29) is 11.9 Å². The first-order valence-corrected chi connectivity index (χ1v) is 8.02. The number of halogens is 1. The molecular formula is C18H17BrN2O. The lowest BCUT2D eigenvalue weighted by Gasteiger charge is -2.14. The van der Waals surface area contributed by atoms with Crippen LogP contribution in [0.4, 0.5) is 0 Å². The number of rotatable bonds is 4. The molecule has 2 N–H and O–H groups in total. The summed E-state index contributed by atoms with van der Waals surface area (Å²) in [4.78, 5) is 15.5. The van der Waals surface area contributed by atoms with Gasteiger partial charge in [-0.1, -0.05) is 46.3 Å². The summed E-state index contributed by atoms with van der Waals surface area (Å²) < 4.78 is 1.02. The Kier molecular flexibility index (Phi) is 4.29. The van der Waals surface area contributed by atoms with Crippen LogP contribution in [0.1, 0.15) is 24.1 Å². The lowest BCUT2D eigenvalue weighted by molar-refractivity contribution is -0.121. The quantitative estimate of drug-likeness (QED) is 0.716. The maximum absolute atomic E-state index is 12.3. The SMILES string of the molecule is CC(NC(=O)Cc1c[nH]c2ccccc12)c1cccc(Br)c1. The minimum absolute atomic E-state index is 0.0183. The molecular weight excluding hydrogens is 340 g/mol. The van der Waals surface area contributed by atoms with Crippen molar-refractivity contribution in [2.24, 2.45) is 0 Å². The van der Waals surface area contributed by atoms with E-state index in [1.54, 1.807) is 0 Å². The van der Waals surface area contributed by atoms with Crippen molar-refractivity contribution in [2.75, 3.05) is 0 Å². The van der Waals surface area contributed by atoms with Crippen LogP contribution in [0, 0.1) is 0 Å². The monoisotopic (exact) mass is 356 g/mol. The van der Waals surface area contributed by atoms with Gasteiger partial charge in [0.1, 0.15) is 0 Å². The smallest absolute Gasteiger partial charge is 0.224 e. The molecule has 112 valence electrons. The Morgan fingerprint density at radius 1 is 1.23 bits per heavy atom. The Morgan fingerprint density at radius 3 is 2.86 bits per heavy atom. The highest BCUT2D eigenvalue weighted by Gasteiger charge is 2.12. The van der Waals surface area contributed by atoms with Crippen LogP contribution in [0.25, 0.3) is 10.9 Å². The summed E-state index contributed by atoms with van der Waals surface area (Å²) in [6.45, 7) is 1.99. The van der Waals surface area contributed by atoms with Gasteiger partial charge in [-0.05, 0) is 36.2 Å². The second-order valence-corrected chi connectivity index (χ2v) is 6.30. The molecule has 0 spiro atoms. The highest BCUT2D eigenvalue weighted by atomic mass is 79.9. The Labute approximate surface area is 137 Å². The highest BCUT2D eigenvalue weighted by molar-refractivity contribution is 9.10. The number of carbonyl (C=O) groups excluding carboxylic acids is 1. The van der Waals surface area contributed by atoms with E-state index in [2.05, 4.69) is 26.2 Å². The predicted octanol–water partition coefficient (Wildman–Crippen LogP) is 4.35. The number of H-pyrrole nitrogens is 1. The Bertz CT molecular complexity index is 809. The molecule has 3 rings (SSSR count). The molecule has 1 unspecified atom stereocenters. The van der Waals surface area contributed by atoms with Crippen LogP contribution in [0.15, 0.2) is 59.2 Å². The number of carbonyl (C=O) groups is 1. The van der Waals surface area contributed by atoms with Crippen molar-refractivity contribution >= 4 is 32.7 Å². The average molecular weight is 357 g/mol. The maximum Gasteiger partial charge on any atom is 0.224 e. The van der Waals surface area contributed by atoms with Crippen LogP contribution < -0.4 is 5.32 Å². The van der Waals surface area contributed by atoms with Crippen LogP contribution in [0.5, 0.6) is 0 Å². The molecule has 1 atom stereocenters. The van der Waals surface area contributed by atoms with E-state index in [1.165, 1.54) is 0 Å². The molecule has 0 aliphatic heterocycles. The lowest BCUT2D eigenvalue weighted by atomic mass is 10.1. The molecule has 0 fully saturated rings. The Balaban J connectivity index is 1.70. The summed E-state index contributed by atoms with van der Waals surface area (Å²) in [5.74, 6) is 0.0252. The Morgan fingerprint density at radius 2 is 2.05 bits per heavy atom. The van der Waals surface area contributed by atoms with Crippen LogP contribution in [0.2, 0.25) is 0 Å². The molecule has 4 heteroatoms. The molecule has 1 aromatic heterocycles. The second-order valence-electron chi connectivity index (χ2n) is 5.38. The van der Waals surface area contributed by atoms with Gasteiger partial charge in [0.25, 0.3) is 0 Å². The molecule has 0 aliphatic rings. The summed E-state index contributed by atoms with van der Waals surface area (Å²) in [6.07, 6.45) is 2.29. The number of para-hydroxylation sites is 1. The van der Waals surface area contributed by atoms with Gasteiger partial charge < -0.3 is 10.3 Å². The molecule has 0 bridgehead atoms. The zero-order valence-corrected chi connectivity index (χ0v) is 13.9. The first kappa shape index (κ1) is 14.9. The second kappa shape index (κ2) is 6.36. The molecule has 1 heterocycles. The zero-order chi connectivity index (χ0) is 15.5. The standard InChI is InChI=1S/C18H17BrN2O/c1-12(13-5-4-6-15(19)9-13)21-18(22)10-14-11-20-17-8-3-2-7-16(14)17/h2-9,11-12,20H,10H2,1H3,(H,21,22). The van der Waals surface area contributed by atoms with Crippen molar-refractivity contribution < 1.29 is 4.79 Å². The highest BCUT2D eigenvalue weighted by Crippen LogP contribution is 2.20. The fraction of sp³-hybridized carbons (Fsp3) is 0.167. The molecule has 2 aromatic carbocycles. The fourth-order valence-electron chi connectivity index (χ4n) is 2.60. The van der Waals surface area contributed by atoms with Gasteiger partial charge in [-0.2, -0.15) is 0 Å². The topological polar surface area (TPSA) is 44.9 Å². The van der Waals surface area contributed by atoms with Crippen molar-refractivity contribution in [3.8, 4) is 0 Å². The van der Waals surface area contributed by atoms with Crippen molar-refractivity contribution in [1.29, 1.82) is 0 Å². The molecule has 0 saturated heterocycles. The fourth-order valence-corrected chi connectivity index (χ4v) is 3.02. The van der Waals surface area contributed by atoms with Crippen LogP contribution in [-0.4, -0.2) is 10.9 Å². The van der Waals surface area contributed by atoms with Gasteiger partial charge in [-0.3, -0.25) is 4.79 Å². The van der Waals surface area contributed by atoms with E-state index < -0.39 is 0 Å². The van der Waals surface area contributed by atoms with Crippen LogP contribution >= 0.6 is 15.9 Å². The number of benzene rings is 2. The number of aromatic amines is 1. The van der Waals surface area contributed by atoms with E-state index in [9.17, 15) is 4.79 Å². The van der Waals surface area contributed by atoms with Crippen molar-refractivity contribution in [3.63, 3.8) is 0 Å². The van der Waals surface area contributed by atoms with Gasteiger partial charge in [0.15, 0.2) is 0 Å². The largest absolute Gasteiger partial charge is 0.361 e. The first-order valence-electron chi connectivity index (χ1n) is 7.23. The molecule has 1 amide bonds. The molecule has 0 saturated carbocycles. The number of aromatic nitrogens is 1. The average Bonchev–Trinajstić information content (AvgIpc) is 2.90. The molecule has 22 heavy (non-hydrogen) atoms. The third-order valence-electron chi connectivity index (χ3n) is 3.75. The van der Waals surface area contributed by atoms with E-state index in [4.69, 9.17) is 0 Å².